The minimum absolute atomic E-state index is 0.375. The van der Waals surface area contributed by atoms with Gasteiger partial charge in [-0.15, -0.1) is 0 Å². The third-order valence-electron chi connectivity index (χ3n) is 1.87. The average molecular weight is 279 g/mol. The van der Waals surface area contributed by atoms with Crippen LogP contribution in [0.25, 0.3) is 0 Å². The van der Waals surface area contributed by atoms with Crippen LogP contribution in [0, 0.1) is 0 Å². The molecule has 0 unspecified atom stereocenters. The summed E-state index contributed by atoms with van der Waals surface area (Å²) < 4.78 is 0. The second-order valence-electron chi connectivity index (χ2n) is 3.17. The van der Waals surface area contributed by atoms with Gasteiger partial charge in [-0.2, -0.15) is 0 Å². The first-order chi connectivity index (χ1) is 6.66. The van der Waals surface area contributed by atoms with Gasteiger partial charge in [0.25, 0.3) is 0 Å². The van der Waals surface area contributed by atoms with Crippen molar-refractivity contribution in [2.45, 2.75) is 19.9 Å². The molecule has 0 radical (unpaired) electrons. The van der Waals surface area contributed by atoms with Crippen LogP contribution in [-0.4, -0.2) is 27.9 Å². The van der Waals surface area contributed by atoms with E-state index in [-0.39, 0.29) is 0 Å². The minimum Gasteiger partial charge on any atom is -0.352 e. The van der Waals surface area contributed by atoms with Crippen LogP contribution in [0.3, 0.4) is 0 Å². The molecule has 14 heavy (non-hydrogen) atoms. The van der Waals surface area contributed by atoms with Gasteiger partial charge in [0.05, 0.1) is 6.20 Å². The fraction of sp³-hybridized carbons (Fsp3) is 0.556. The number of anilines is 1. The van der Waals surface area contributed by atoms with Crippen LogP contribution >= 0.6 is 27.5 Å². The molecular formula is C9H13BrClN3. The third-order valence-corrected chi connectivity index (χ3v) is 2.49. The number of halogens is 2. The topological polar surface area (TPSA) is 29.0 Å². The normalized spacial score (nSPS) is 10.6. The van der Waals surface area contributed by atoms with E-state index in [1.54, 1.807) is 6.20 Å². The number of rotatable bonds is 4. The Morgan fingerprint density at radius 3 is 2.79 bits per heavy atom. The van der Waals surface area contributed by atoms with E-state index in [4.69, 9.17) is 11.6 Å². The van der Waals surface area contributed by atoms with Crippen molar-refractivity contribution in [2.75, 3.05) is 16.8 Å². The Labute approximate surface area is 97.6 Å². The molecule has 1 heterocycles. The summed E-state index contributed by atoms with van der Waals surface area (Å²) in [4.78, 5) is 10.2. The van der Waals surface area contributed by atoms with Crippen molar-refractivity contribution in [1.29, 1.82) is 0 Å². The first-order valence-corrected chi connectivity index (χ1v) is 5.95. The fourth-order valence-corrected chi connectivity index (χ4v) is 1.81. The van der Waals surface area contributed by atoms with Gasteiger partial charge in [-0.25, -0.2) is 9.97 Å². The standard InChI is InChI=1S/C9H13BrClN3/c1-7(2)14(4-3-10)9-8(11)5-12-6-13-9/h5-7H,3-4H2,1-2H3. The smallest absolute Gasteiger partial charge is 0.151 e. The van der Waals surface area contributed by atoms with E-state index in [9.17, 15) is 0 Å². The molecule has 3 nitrogen and oxygen atoms in total. The lowest BCUT2D eigenvalue weighted by Gasteiger charge is -2.27. The molecule has 0 spiro atoms. The maximum Gasteiger partial charge on any atom is 0.151 e. The summed E-state index contributed by atoms with van der Waals surface area (Å²) >= 11 is 9.43. The zero-order chi connectivity index (χ0) is 10.6. The van der Waals surface area contributed by atoms with Gasteiger partial charge in [0.1, 0.15) is 11.3 Å². The van der Waals surface area contributed by atoms with Crippen LogP contribution in [0.15, 0.2) is 12.5 Å². The van der Waals surface area contributed by atoms with E-state index in [1.807, 2.05) is 0 Å². The van der Waals surface area contributed by atoms with Gasteiger partial charge >= 0.3 is 0 Å². The lowest BCUT2D eigenvalue weighted by molar-refractivity contribution is 0.696. The summed E-state index contributed by atoms with van der Waals surface area (Å²) in [5.41, 5.74) is 0. The molecule has 0 N–H and O–H groups in total. The summed E-state index contributed by atoms with van der Waals surface area (Å²) in [7, 11) is 0. The Kier molecular flexibility index (Phi) is 4.62. The molecule has 0 amide bonds. The molecule has 1 rings (SSSR count). The van der Waals surface area contributed by atoms with E-state index in [0.29, 0.717) is 11.1 Å². The van der Waals surface area contributed by atoms with Crippen LogP contribution in [0.2, 0.25) is 5.02 Å². The molecule has 0 aliphatic heterocycles. The van der Waals surface area contributed by atoms with Crippen LogP contribution in [0.1, 0.15) is 13.8 Å². The average Bonchev–Trinajstić information content (AvgIpc) is 2.15. The third kappa shape index (κ3) is 2.82. The first kappa shape index (κ1) is 11.7. The maximum absolute atomic E-state index is 6.02. The molecule has 0 aliphatic rings. The summed E-state index contributed by atoms with van der Waals surface area (Å²) in [5.74, 6) is 0.802. The highest BCUT2D eigenvalue weighted by molar-refractivity contribution is 9.09. The Morgan fingerprint density at radius 2 is 2.29 bits per heavy atom. The molecule has 78 valence electrons. The van der Waals surface area contributed by atoms with E-state index in [0.717, 1.165) is 17.7 Å². The lowest BCUT2D eigenvalue weighted by atomic mass is 10.3. The van der Waals surface area contributed by atoms with Crippen molar-refractivity contribution in [2.24, 2.45) is 0 Å². The Balaban J connectivity index is 2.93. The second-order valence-corrected chi connectivity index (χ2v) is 4.37. The highest BCUT2D eigenvalue weighted by atomic mass is 79.9. The zero-order valence-corrected chi connectivity index (χ0v) is 10.6. The largest absolute Gasteiger partial charge is 0.352 e. The molecule has 0 saturated carbocycles. The van der Waals surface area contributed by atoms with Crippen molar-refractivity contribution < 1.29 is 0 Å². The SMILES string of the molecule is CC(C)N(CCBr)c1ncncc1Cl. The van der Waals surface area contributed by atoms with Crippen molar-refractivity contribution in [3.63, 3.8) is 0 Å². The van der Waals surface area contributed by atoms with Crippen LogP contribution < -0.4 is 4.90 Å². The number of alkyl halides is 1. The predicted molar refractivity (Wildman–Crippen MR) is 63.3 cm³/mol. The maximum atomic E-state index is 6.02. The molecule has 0 saturated heterocycles. The van der Waals surface area contributed by atoms with Crippen LogP contribution in [0.4, 0.5) is 5.82 Å². The molecule has 0 fully saturated rings. The van der Waals surface area contributed by atoms with E-state index < -0.39 is 0 Å². The first-order valence-electron chi connectivity index (χ1n) is 4.45. The van der Waals surface area contributed by atoms with Crippen molar-refractivity contribution >= 4 is 33.3 Å². The van der Waals surface area contributed by atoms with Crippen molar-refractivity contribution in [3.05, 3.63) is 17.5 Å². The van der Waals surface area contributed by atoms with Gasteiger partial charge in [0.2, 0.25) is 0 Å². The highest BCUT2D eigenvalue weighted by Gasteiger charge is 2.13. The quantitative estimate of drug-likeness (QED) is 0.793. The Hall–Kier alpha value is -0.350. The van der Waals surface area contributed by atoms with Gasteiger partial charge in [0, 0.05) is 17.9 Å². The summed E-state index contributed by atoms with van der Waals surface area (Å²) in [6.45, 7) is 5.11. The number of hydrogen-bond donors (Lipinski definition) is 0. The predicted octanol–water partition coefficient (Wildman–Crippen LogP) is 2.74. The van der Waals surface area contributed by atoms with Crippen LogP contribution in [-0.2, 0) is 0 Å². The Morgan fingerprint density at radius 1 is 1.57 bits per heavy atom. The molecule has 0 aliphatic carbocycles. The molecule has 0 aromatic carbocycles. The molecule has 0 bridgehead atoms. The monoisotopic (exact) mass is 277 g/mol. The van der Waals surface area contributed by atoms with Crippen molar-refractivity contribution in [1.82, 2.24) is 9.97 Å². The fourth-order valence-electron chi connectivity index (χ4n) is 1.22. The molecule has 0 atom stereocenters. The van der Waals surface area contributed by atoms with Gasteiger partial charge in [-0.1, -0.05) is 27.5 Å². The van der Waals surface area contributed by atoms with Gasteiger partial charge < -0.3 is 4.90 Å². The summed E-state index contributed by atoms with van der Waals surface area (Å²) in [5, 5.41) is 1.49. The van der Waals surface area contributed by atoms with Crippen LogP contribution in [0.5, 0.6) is 0 Å². The van der Waals surface area contributed by atoms with E-state index >= 15 is 0 Å². The lowest BCUT2D eigenvalue weighted by Crippen LogP contribution is -2.33. The van der Waals surface area contributed by atoms with Gasteiger partial charge in [-0.05, 0) is 13.8 Å². The van der Waals surface area contributed by atoms with Crippen molar-refractivity contribution in [3.8, 4) is 0 Å². The molecule has 1 aromatic heterocycles. The van der Waals surface area contributed by atoms with Gasteiger partial charge in [-0.3, -0.25) is 0 Å². The molecule has 1 aromatic rings. The number of hydrogen-bond acceptors (Lipinski definition) is 3. The number of nitrogens with zero attached hydrogens (tertiary/aromatic N) is 3. The minimum atomic E-state index is 0.375. The summed E-state index contributed by atoms with van der Waals surface area (Å²) in [6, 6.07) is 0.375. The molecular weight excluding hydrogens is 265 g/mol. The summed E-state index contributed by atoms with van der Waals surface area (Å²) in [6.07, 6.45) is 3.14. The highest BCUT2D eigenvalue weighted by Crippen LogP contribution is 2.22. The van der Waals surface area contributed by atoms with Gasteiger partial charge in [0.15, 0.2) is 5.82 Å². The Bertz CT molecular complexity index is 293. The number of aromatic nitrogens is 2. The van der Waals surface area contributed by atoms with E-state index in [1.165, 1.54) is 6.33 Å². The molecule has 5 heteroatoms. The second kappa shape index (κ2) is 5.51. The van der Waals surface area contributed by atoms with E-state index in [2.05, 4.69) is 44.6 Å². The zero-order valence-electron chi connectivity index (χ0n) is 8.24.